The van der Waals surface area contributed by atoms with E-state index in [0.717, 1.165) is 44.3 Å². The van der Waals surface area contributed by atoms with E-state index in [0.29, 0.717) is 0 Å². The maximum atomic E-state index is 5.02. The molecule has 5 heteroatoms. The number of hydrogen-bond acceptors (Lipinski definition) is 4. The van der Waals surface area contributed by atoms with Gasteiger partial charge in [-0.1, -0.05) is 0 Å². The molecule has 15 heavy (non-hydrogen) atoms. The van der Waals surface area contributed by atoms with Gasteiger partial charge in [0.25, 0.3) is 0 Å². The van der Waals surface area contributed by atoms with Gasteiger partial charge in [0.2, 0.25) is 5.95 Å². The minimum atomic E-state index is 0.771. The zero-order valence-corrected chi connectivity index (χ0v) is 9.79. The van der Waals surface area contributed by atoms with Crippen LogP contribution in [0.5, 0.6) is 0 Å². The Labute approximate surface area is 90.8 Å². The van der Waals surface area contributed by atoms with Crippen LogP contribution in [0.15, 0.2) is 0 Å². The topological polar surface area (TPSA) is 52.0 Å². The van der Waals surface area contributed by atoms with Crippen molar-refractivity contribution in [2.24, 2.45) is 0 Å². The molecule has 0 unspecified atom stereocenters. The molecule has 1 aromatic heterocycles. The lowest BCUT2D eigenvalue weighted by atomic mass is 10.3. The lowest BCUT2D eigenvalue weighted by Gasteiger charge is -2.07. The van der Waals surface area contributed by atoms with Crippen LogP contribution in [0, 0.1) is 0 Å². The molecule has 0 bridgehead atoms. The van der Waals surface area contributed by atoms with E-state index in [1.807, 2.05) is 0 Å². The van der Waals surface area contributed by atoms with Gasteiger partial charge in [0.15, 0.2) is 0 Å². The van der Waals surface area contributed by atoms with Crippen molar-refractivity contribution in [3.05, 3.63) is 5.82 Å². The van der Waals surface area contributed by atoms with Gasteiger partial charge < -0.3 is 10.1 Å². The average Bonchev–Trinajstić information content (AvgIpc) is 2.62. The van der Waals surface area contributed by atoms with Crippen molar-refractivity contribution in [1.29, 1.82) is 0 Å². The van der Waals surface area contributed by atoms with Gasteiger partial charge in [-0.05, 0) is 20.3 Å². The Hall–Kier alpha value is -1.10. The molecule has 1 rings (SSSR count). The van der Waals surface area contributed by atoms with E-state index in [2.05, 4.69) is 33.9 Å². The van der Waals surface area contributed by atoms with Gasteiger partial charge in [-0.2, -0.15) is 0 Å². The second kappa shape index (κ2) is 6.40. The highest BCUT2D eigenvalue weighted by molar-refractivity contribution is 5.25. The maximum absolute atomic E-state index is 5.02. The Bertz CT molecular complexity index is 285. The molecular formula is C10H20N4O. The van der Waals surface area contributed by atoms with Crippen molar-refractivity contribution in [1.82, 2.24) is 14.8 Å². The SMILES string of the molecule is CCNc1nnc(CCCOC)n1CC. The molecule has 0 spiro atoms. The van der Waals surface area contributed by atoms with Gasteiger partial charge >= 0.3 is 0 Å². The maximum Gasteiger partial charge on any atom is 0.224 e. The van der Waals surface area contributed by atoms with Gasteiger partial charge in [-0.15, -0.1) is 10.2 Å². The zero-order chi connectivity index (χ0) is 11.1. The first-order valence-corrected chi connectivity index (χ1v) is 5.48. The minimum absolute atomic E-state index is 0.771. The van der Waals surface area contributed by atoms with Gasteiger partial charge in [-0.25, -0.2) is 0 Å². The van der Waals surface area contributed by atoms with E-state index in [9.17, 15) is 0 Å². The predicted molar refractivity (Wildman–Crippen MR) is 60.1 cm³/mol. The van der Waals surface area contributed by atoms with Crippen molar-refractivity contribution in [2.45, 2.75) is 33.2 Å². The van der Waals surface area contributed by atoms with Gasteiger partial charge in [0, 0.05) is 33.2 Å². The van der Waals surface area contributed by atoms with Gasteiger partial charge in [0.05, 0.1) is 0 Å². The lowest BCUT2D eigenvalue weighted by molar-refractivity contribution is 0.194. The summed E-state index contributed by atoms with van der Waals surface area (Å²) in [6.45, 7) is 6.70. The van der Waals surface area contributed by atoms with Gasteiger partial charge in [0.1, 0.15) is 5.82 Å². The van der Waals surface area contributed by atoms with Crippen LogP contribution in [0.3, 0.4) is 0 Å². The predicted octanol–water partition coefficient (Wildman–Crippen LogP) is 1.31. The molecule has 0 atom stereocenters. The molecule has 0 fully saturated rings. The van der Waals surface area contributed by atoms with Crippen LogP contribution < -0.4 is 5.32 Å². The fourth-order valence-corrected chi connectivity index (χ4v) is 1.52. The van der Waals surface area contributed by atoms with Crippen LogP contribution in [0.2, 0.25) is 0 Å². The third-order valence-electron chi connectivity index (χ3n) is 2.23. The molecular weight excluding hydrogens is 192 g/mol. The number of hydrogen-bond donors (Lipinski definition) is 1. The second-order valence-electron chi connectivity index (χ2n) is 3.31. The number of ether oxygens (including phenoxy) is 1. The molecule has 5 nitrogen and oxygen atoms in total. The average molecular weight is 212 g/mol. The third-order valence-corrected chi connectivity index (χ3v) is 2.23. The van der Waals surface area contributed by atoms with Crippen LogP contribution in [-0.4, -0.2) is 35.0 Å². The number of anilines is 1. The van der Waals surface area contributed by atoms with Crippen LogP contribution >= 0.6 is 0 Å². The monoisotopic (exact) mass is 212 g/mol. The van der Waals surface area contributed by atoms with Crippen LogP contribution in [0.25, 0.3) is 0 Å². The Balaban J connectivity index is 2.62. The van der Waals surface area contributed by atoms with E-state index in [-0.39, 0.29) is 0 Å². The second-order valence-corrected chi connectivity index (χ2v) is 3.31. The fourth-order valence-electron chi connectivity index (χ4n) is 1.52. The Kier molecular flexibility index (Phi) is 5.10. The smallest absolute Gasteiger partial charge is 0.224 e. The summed E-state index contributed by atoms with van der Waals surface area (Å²) in [7, 11) is 1.72. The first-order valence-electron chi connectivity index (χ1n) is 5.48. The first-order chi connectivity index (χ1) is 7.33. The highest BCUT2D eigenvalue weighted by atomic mass is 16.5. The number of nitrogens with zero attached hydrogens (tertiary/aromatic N) is 3. The summed E-state index contributed by atoms with van der Waals surface area (Å²) in [5, 5.41) is 11.5. The van der Waals surface area contributed by atoms with Crippen LogP contribution in [0.1, 0.15) is 26.1 Å². The molecule has 0 saturated carbocycles. The molecule has 0 amide bonds. The van der Waals surface area contributed by atoms with Crippen LogP contribution in [0.4, 0.5) is 5.95 Å². The molecule has 0 saturated heterocycles. The number of rotatable bonds is 7. The number of aromatic nitrogens is 3. The molecule has 0 aliphatic carbocycles. The van der Waals surface area contributed by atoms with Crippen molar-refractivity contribution >= 4 is 5.95 Å². The Morgan fingerprint density at radius 2 is 2.13 bits per heavy atom. The molecule has 0 aliphatic heterocycles. The van der Waals surface area contributed by atoms with Gasteiger partial charge in [-0.3, -0.25) is 4.57 Å². The van der Waals surface area contributed by atoms with E-state index in [1.165, 1.54) is 0 Å². The van der Waals surface area contributed by atoms with Crippen molar-refractivity contribution in [2.75, 3.05) is 25.6 Å². The standard InChI is InChI=1S/C10H20N4O/c1-4-11-10-13-12-9(14(10)5-2)7-6-8-15-3/h4-8H2,1-3H3,(H,11,13). The summed E-state index contributed by atoms with van der Waals surface area (Å²) < 4.78 is 7.13. The quantitative estimate of drug-likeness (QED) is 0.692. The highest BCUT2D eigenvalue weighted by Gasteiger charge is 2.08. The van der Waals surface area contributed by atoms with E-state index in [1.54, 1.807) is 7.11 Å². The number of aryl methyl sites for hydroxylation is 1. The number of methoxy groups -OCH3 is 1. The fraction of sp³-hybridized carbons (Fsp3) is 0.800. The van der Waals surface area contributed by atoms with Crippen LogP contribution in [-0.2, 0) is 17.7 Å². The molecule has 86 valence electrons. The van der Waals surface area contributed by atoms with E-state index in [4.69, 9.17) is 4.74 Å². The Morgan fingerprint density at radius 1 is 1.33 bits per heavy atom. The normalized spacial score (nSPS) is 10.6. The molecule has 0 aliphatic rings. The lowest BCUT2D eigenvalue weighted by Crippen LogP contribution is -2.09. The number of nitrogens with one attached hydrogen (secondary N) is 1. The molecule has 1 heterocycles. The highest BCUT2D eigenvalue weighted by Crippen LogP contribution is 2.09. The Morgan fingerprint density at radius 3 is 2.73 bits per heavy atom. The van der Waals surface area contributed by atoms with E-state index < -0.39 is 0 Å². The summed E-state index contributed by atoms with van der Waals surface area (Å²) >= 11 is 0. The van der Waals surface area contributed by atoms with Crippen molar-refractivity contribution in [3.63, 3.8) is 0 Å². The first kappa shape index (κ1) is 12.0. The summed E-state index contributed by atoms with van der Waals surface area (Å²) in [6.07, 6.45) is 1.90. The summed E-state index contributed by atoms with van der Waals surface area (Å²) in [5.74, 6) is 1.90. The third kappa shape index (κ3) is 3.20. The largest absolute Gasteiger partial charge is 0.385 e. The van der Waals surface area contributed by atoms with Crippen molar-refractivity contribution < 1.29 is 4.74 Å². The molecule has 1 N–H and O–H groups in total. The van der Waals surface area contributed by atoms with E-state index >= 15 is 0 Å². The summed E-state index contributed by atoms with van der Waals surface area (Å²) in [4.78, 5) is 0. The van der Waals surface area contributed by atoms with Crippen molar-refractivity contribution in [3.8, 4) is 0 Å². The zero-order valence-electron chi connectivity index (χ0n) is 9.79. The molecule has 1 aromatic rings. The summed E-state index contributed by atoms with van der Waals surface area (Å²) in [5.41, 5.74) is 0. The molecule has 0 radical (unpaired) electrons. The minimum Gasteiger partial charge on any atom is -0.385 e. The molecule has 0 aromatic carbocycles. The summed E-state index contributed by atoms with van der Waals surface area (Å²) in [6, 6.07) is 0.